The van der Waals surface area contributed by atoms with Gasteiger partial charge in [0.05, 0.1) is 5.69 Å². The minimum absolute atomic E-state index is 0.534. The van der Waals surface area contributed by atoms with Crippen molar-refractivity contribution in [2.24, 2.45) is 0 Å². The van der Waals surface area contributed by atoms with Crippen molar-refractivity contribution in [2.75, 3.05) is 37.0 Å². The first-order valence-corrected chi connectivity index (χ1v) is 11.3. The third-order valence-corrected chi connectivity index (χ3v) is 7.19. The molecule has 3 aliphatic rings. The van der Waals surface area contributed by atoms with Gasteiger partial charge in [-0.05, 0) is 75.9 Å². The Balaban J connectivity index is 1.42. The molecule has 0 saturated carbocycles. The third-order valence-electron chi connectivity index (χ3n) is 6.42. The molecule has 3 heterocycles. The van der Waals surface area contributed by atoms with Crippen molar-refractivity contribution >= 4 is 17.0 Å². The van der Waals surface area contributed by atoms with Crippen LogP contribution in [0.25, 0.3) is 0 Å². The van der Waals surface area contributed by atoms with Gasteiger partial charge >= 0.3 is 0 Å². The summed E-state index contributed by atoms with van der Waals surface area (Å²) in [6.45, 7) is 4.90. The molecule has 0 amide bonds. The summed E-state index contributed by atoms with van der Waals surface area (Å²) in [6.07, 6.45) is 9.09. The van der Waals surface area contributed by atoms with Crippen molar-refractivity contribution in [2.45, 2.75) is 57.0 Å². The summed E-state index contributed by atoms with van der Waals surface area (Å²) in [5.74, 6) is 0. The Morgan fingerprint density at radius 2 is 1.73 bits per heavy atom. The Morgan fingerprint density at radius 1 is 1.00 bits per heavy atom. The van der Waals surface area contributed by atoms with Crippen molar-refractivity contribution in [3.05, 3.63) is 29.8 Å². The van der Waals surface area contributed by atoms with Gasteiger partial charge < -0.3 is 4.90 Å². The molecule has 1 N–H and O–H groups in total. The van der Waals surface area contributed by atoms with E-state index in [0.717, 1.165) is 31.4 Å². The molecule has 3 unspecified atom stereocenters. The molecule has 144 valence electrons. The summed E-state index contributed by atoms with van der Waals surface area (Å²) >= 11 is -1.97. The molecule has 3 saturated heterocycles. The molecular formula is C20H31N3O2S. The zero-order valence-corrected chi connectivity index (χ0v) is 16.4. The topological polar surface area (TPSA) is 47.0 Å². The highest BCUT2D eigenvalue weighted by Gasteiger charge is 2.35. The van der Waals surface area contributed by atoms with Crippen molar-refractivity contribution in [1.82, 2.24) is 9.80 Å². The predicted molar refractivity (Wildman–Crippen MR) is 107 cm³/mol. The second-order valence-electron chi connectivity index (χ2n) is 7.95. The fourth-order valence-corrected chi connectivity index (χ4v) is 5.56. The monoisotopic (exact) mass is 377 g/mol. The number of anilines is 1. The summed E-state index contributed by atoms with van der Waals surface area (Å²) in [7, 11) is 0. The van der Waals surface area contributed by atoms with Gasteiger partial charge in [-0.2, -0.15) is 0 Å². The van der Waals surface area contributed by atoms with Gasteiger partial charge in [0.15, 0.2) is 0 Å². The number of hydrogen-bond acceptors (Lipinski definition) is 3. The lowest BCUT2D eigenvalue weighted by atomic mass is 10.0. The van der Waals surface area contributed by atoms with Crippen LogP contribution in [0.4, 0.5) is 5.69 Å². The van der Waals surface area contributed by atoms with Crippen LogP contribution in [-0.4, -0.2) is 57.3 Å². The Hall–Kier alpha value is -0.950. The third kappa shape index (κ3) is 3.98. The molecule has 6 heteroatoms. The number of likely N-dealkylation sites (tertiary alicyclic amines) is 1. The molecule has 26 heavy (non-hydrogen) atoms. The molecule has 0 bridgehead atoms. The van der Waals surface area contributed by atoms with Crippen LogP contribution in [0.3, 0.4) is 0 Å². The molecule has 4 rings (SSSR count). The van der Waals surface area contributed by atoms with E-state index in [0.29, 0.717) is 12.6 Å². The van der Waals surface area contributed by atoms with Crippen molar-refractivity contribution < 1.29 is 8.76 Å². The Labute approximate surface area is 159 Å². The molecule has 0 spiro atoms. The van der Waals surface area contributed by atoms with Crippen LogP contribution < -0.4 is 4.31 Å². The highest BCUT2D eigenvalue weighted by molar-refractivity contribution is 7.80. The first-order valence-electron chi connectivity index (χ1n) is 10.2. The fraction of sp³-hybridized carbons (Fsp3) is 0.700. The van der Waals surface area contributed by atoms with E-state index in [1.54, 1.807) is 4.31 Å². The quantitative estimate of drug-likeness (QED) is 0.772. The summed E-state index contributed by atoms with van der Waals surface area (Å²) in [6, 6.07) is 9.72. The lowest BCUT2D eigenvalue weighted by molar-refractivity contribution is 0.150. The number of rotatable bonds is 6. The van der Waals surface area contributed by atoms with Gasteiger partial charge in [-0.1, -0.05) is 18.6 Å². The molecule has 3 atom stereocenters. The molecule has 5 nitrogen and oxygen atoms in total. The maximum absolute atomic E-state index is 11.8. The second-order valence-corrected chi connectivity index (χ2v) is 8.86. The highest BCUT2D eigenvalue weighted by atomic mass is 32.2. The standard InChI is InChI=1S/C20H31N3O2S/c24-26(25)23(16-15-21-12-3-4-13-21)19-8-6-17(7-9-19)20-11-10-18-5-1-2-14-22(18)20/h6-9,18,20H,1-5,10-16H2,(H,24,25). The van der Waals surface area contributed by atoms with E-state index < -0.39 is 11.3 Å². The van der Waals surface area contributed by atoms with E-state index in [2.05, 4.69) is 21.9 Å². The summed E-state index contributed by atoms with van der Waals surface area (Å²) in [5.41, 5.74) is 2.21. The molecule has 1 aromatic rings. The second kappa shape index (κ2) is 8.38. The normalized spacial score (nSPS) is 28.2. The van der Waals surface area contributed by atoms with E-state index >= 15 is 0 Å². The molecule has 0 radical (unpaired) electrons. The molecule has 0 aliphatic carbocycles. The Morgan fingerprint density at radius 3 is 2.46 bits per heavy atom. The molecule has 1 aromatic carbocycles. The number of piperidine rings is 1. The van der Waals surface area contributed by atoms with E-state index in [9.17, 15) is 8.76 Å². The SMILES string of the molecule is O=S(O)N(CCN1CCCC1)c1ccc(C2CCC3CCCCN32)cc1. The van der Waals surface area contributed by atoms with Gasteiger partial charge in [0, 0.05) is 25.2 Å². The smallest absolute Gasteiger partial charge is 0.261 e. The summed E-state index contributed by atoms with van der Waals surface area (Å²) in [4.78, 5) is 5.07. The number of benzene rings is 1. The Kier molecular flexibility index (Phi) is 5.93. The maximum atomic E-state index is 11.8. The van der Waals surface area contributed by atoms with Gasteiger partial charge in [0.1, 0.15) is 0 Å². The van der Waals surface area contributed by atoms with Gasteiger partial charge in [-0.15, -0.1) is 0 Å². The number of nitrogens with zero attached hydrogens (tertiary/aromatic N) is 3. The van der Waals surface area contributed by atoms with Crippen LogP contribution in [0, 0.1) is 0 Å². The average molecular weight is 378 g/mol. The molecule has 0 aromatic heterocycles. The first-order chi connectivity index (χ1) is 12.7. The lowest BCUT2D eigenvalue weighted by Crippen LogP contribution is -2.36. The molecule has 3 fully saturated rings. The van der Waals surface area contributed by atoms with Crippen LogP contribution in [0.2, 0.25) is 0 Å². The van der Waals surface area contributed by atoms with E-state index in [1.165, 1.54) is 57.1 Å². The van der Waals surface area contributed by atoms with Gasteiger partial charge in [-0.25, -0.2) is 4.21 Å². The van der Waals surface area contributed by atoms with E-state index in [4.69, 9.17) is 0 Å². The number of hydrogen-bond donors (Lipinski definition) is 1. The first kappa shape index (κ1) is 18.4. The van der Waals surface area contributed by atoms with Crippen LogP contribution >= 0.6 is 0 Å². The zero-order chi connectivity index (χ0) is 17.9. The van der Waals surface area contributed by atoms with Crippen LogP contribution in [0.15, 0.2) is 24.3 Å². The highest BCUT2D eigenvalue weighted by Crippen LogP contribution is 2.40. The molecular weight excluding hydrogens is 346 g/mol. The van der Waals surface area contributed by atoms with Gasteiger partial charge in [0.25, 0.3) is 11.3 Å². The molecule has 3 aliphatic heterocycles. The predicted octanol–water partition coefficient (Wildman–Crippen LogP) is 3.41. The number of fused-ring (bicyclic) bond motifs is 1. The van der Waals surface area contributed by atoms with Crippen molar-refractivity contribution in [3.8, 4) is 0 Å². The Bertz CT molecular complexity index is 618. The van der Waals surface area contributed by atoms with E-state index in [-0.39, 0.29) is 0 Å². The average Bonchev–Trinajstić information content (AvgIpc) is 3.32. The largest absolute Gasteiger partial charge is 0.302 e. The van der Waals surface area contributed by atoms with Crippen LogP contribution in [-0.2, 0) is 11.3 Å². The van der Waals surface area contributed by atoms with Crippen LogP contribution in [0.1, 0.15) is 56.6 Å². The minimum Gasteiger partial charge on any atom is -0.302 e. The van der Waals surface area contributed by atoms with Crippen molar-refractivity contribution in [3.63, 3.8) is 0 Å². The lowest BCUT2D eigenvalue weighted by Gasteiger charge is -2.34. The van der Waals surface area contributed by atoms with Crippen molar-refractivity contribution in [1.29, 1.82) is 0 Å². The van der Waals surface area contributed by atoms with E-state index in [1.807, 2.05) is 12.1 Å². The fourth-order valence-electron chi connectivity index (χ4n) is 5.02. The van der Waals surface area contributed by atoms with Gasteiger partial charge in [0.2, 0.25) is 0 Å². The van der Waals surface area contributed by atoms with Gasteiger partial charge in [-0.3, -0.25) is 13.8 Å². The summed E-state index contributed by atoms with van der Waals surface area (Å²) in [5, 5.41) is 0. The summed E-state index contributed by atoms with van der Waals surface area (Å²) < 4.78 is 23.2. The maximum Gasteiger partial charge on any atom is 0.261 e. The van der Waals surface area contributed by atoms with Crippen LogP contribution in [0.5, 0.6) is 0 Å². The zero-order valence-electron chi connectivity index (χ0n) is 15.6. The minimum atomic E-state index is -1.97.